The minimum atomic E-state index is 0.0933. The summed E-state index contributed by atoms with van der Waals surface area (Å²) in [6, 6.07) is 16.1. The van der Waals surface area contributed by atoms with Gasteiger partial charge in [-0.05, 0) is 49.2 Å². The van der Waals surface area contributed by atoms with Gasteiger partial charge in [0.25, 0.3) is 0 Å². The van der Waals surface area contributed by atoms with Gasteiger partial charge in [-0.1, -0.05) is 35.9 Å². The van der Waals surface area contributed by atoms with Crippen molar-refractivity contribution in [3.05, 3.63) is 59.1 Å². The Balaban J connectivity index is 1.32. The van der Waals surface area contributed by atoms with Gasteiger partial charge in [0, 0.05) is 44.3 Å². The smallest absolute Gasteiger partial charge is 0.227 e. The zero-order valence-corrected chi connectivity index (χ0v) is 18.4. The number of amides is 1. The van der Waals surface area contributed by atoms with Crippen molar-refractivity contribution in [3.63, 3.8) is 0 Å². The SMILES string of the molecule is COc1ccccc1N1CCN(C(=O)C2CCCN(Cc3cccc(Cl)c3)C2)CC1. The predicted molar refractivity (Wildman–Crippen MR) is 121 cm³/mol. The highest BCUT2D eigenvalue weighted by atomic mass is 35.5. The van der Waals surface area contributed by atoms with Gasteiger partial charge in [-0.2, -0.15) is 0 Å². The molecule has 30 heavy (non-hydrogen) atoms. The number of carbonyl (C=O) groups excluding carboxylic acids is 1. The van der Waals surface area contributed by atoms with E-state index in [2.05, 4.69) is 26.8 Å². The Labute approximate surface area is 184 Å². The molecule has 2 aliphatic heterocycles. The highest BCUT2D eigenvalue weighted by Crippen LogP contribution is 2.29. The summed E-state index contributed by atoms with van der Waals surface area (Å²) in [7, 11) is 1.71. The topological polar surface area (TPSA) is 36.0 Å². The number of halogens is 1. The molecule has 2 aromatic rings. The van der Waals surface area contributed by atoms with E-state index < -0.39 is 0 Å². The fraction of sp³-hybridized carbons (Fsp3) is 0.458. The van der Waals surface area contributed by atoms with Crippen LogP contribution in [0.2, 0.25) is 5.02 Å². The number of rotatable bonds is 5. The van der Waals surface area contributed by atoms with E-state index in [1.807, 2.05) is 36.4 Å². The van der Waals surface area contributed by atoms with Crippen LogP contribution in [-0.4, -0.2) is 62.1 Å². The molecule has 2 aliphatic rings. The van der Waals surface area contributed by atoms with Gasteiger partial charge in [0.1, 0.15) is 5.75 Å². The van der Waals surface area contributed by atoms with E-state index in [-0.39, 0.29) is 5.92 Å². The van der Waals surface area contributed by atoms with Gasteiger partial charge in [-0.25, -0.2) is 0 Å². The average Bonchev–Trinajstić information content (AvgIpc) is 2.79. The summed E-state index contributed by atoms with van der Waals surface area (Å²) in [5, 5.41) is 0.769. The number of methoxy groups -OCH3 is 1. The first-order chi connectivity index (χ1) is 14.6. The lowest BCUT2D eigenvalue weighted by molar-refractivity contribution is -0.137. The van der Waals surface area contributed by atoms with E-state index in [1.165, 1.54) is 5.56 Å². The highest BCUT2D eigenvalue weighted by molar-refractivity contribution is 6.30. The van der Waals surface area contributed by atoms with Crippen LogP contribution in [0.25, 0.3) is 0 Å². The van der Waals surface area contributed by atoms with Gasteiger partial charge in [0.15, 0.2) is 0 Å². The zero-order chi connectivity index (χ0) is 20.9. The minimum Gasteiger partial charge on any atom is -0.495 e. The Morgan fingerprint density at radius 1 is 1.07 bits per heavy atom. The Hall–Kier alpha value is -2.24. The molecule has 2 aromatic carbocycles. The number of piperidine rings is 1. The normalized spacial score (nSPS) is 20.3. The number of likely N-dealkylation sites (tertiary alicyclic amines) is 1. The van der Waals surface area contributed by atoms with Gasteiger partial charge >= 0.3 is 0 Å². The maximum atomic E-state index is 13.2. The summed E-state index contributed by atoms with van der Waals surface area (Å²) in [4.78, 5) is 20.0. The minimum absolute atomic E-state index is 0.0933. The number of para-hydroxylation sites is 2. The van der Waals surface area contributed by atoms with Crippen LogP contribution in [0.3, 0.4) is 0 Å². The summed E-state index contributed by atoms with van der Waals surface area (Å²) in [6.45, 7) is 5.93. The van der Waals surface area contributed by atoms with Gasteiger partial charge in [0.05, 0.1) is 18.7 Å². The molecule has 0 spiro atoms. The highest BCUT2D eigenvalue weighted by Gasteiger charge is 2.31. The van der Waals surface area contributed by atoms with E-state index in [0.29, 0.717) is 5.91 Å². The lowest BCUT2D eigenvalue weighted by Gasteiger charge is -2.40. The molecule has 5 nitrogen and oxygen atoms in total. The molecule has 6 heteroatoms. The molecular weight excluding hydrogens is 398 g/mol. The Kier molecular flexibility index (Phi) is 6.80. The number of ether oxygens (including phenoxy) is 1. The molecule has 0 N–H and O–H groups in total. The van der Waals surface area contributed by atoms with Crippen LogP contribution in [0.1, 0.15) is 18.4 Å². The molecule has 2 fully saturated rings. The van der Waals surface area contributed by atoms with Crippen molar-refractivity contribution >= 4 is 23.2 Å². The number of hydrogen-bond acceptors (Lipinski definition) is 4. The van der Waals surface area contributed by atoms with Crippen LogP contribution in [0, 0.1) is 5.92 Å². The molecule has 4 rings (SSSR count). The Morgan fingerprint density at radius 2 is 1.87 bits per heavy atom. The third kappa shape index (κ3) is 4.90. The average molecular weight is 428 g/mol. The molecule has 1 atom stereocenters. The van der Waals surface area contributed by atoms with Gasteiger partial charge < -0.3 is 14.5 Å². The fourth-order valence-corrected chi connectivity index (χ4v) is 4.82. The van der Waals surface area contributed by atoms with Crippen molar-refractivity contribution in [2.45, 2.75) is 19.4 Å². The molecule has 1 amide bonds. The molecule has 1 unspecified atom stereocenters. The van der Waals surface area contributed by atoms with Gasteiger partial charge in [0.2, 0.25) is 5.91 Å². The molecular formula is C24H30ClN3O2. The van der Waals surface area contributed by atoms with Gasteiger partial charge in [-0.3, -0.25) is 9.69 Å². The maximum absolute atomic E-state index is 13.2. The molecule has 2 saturated heterocycles. The number of anilines is 1. The third-order valence-electron chi connectivity index (χ3n) is 6.17. The van der Waals surface area contributed by atoms with E-state index in [0.717, 1.165) is 75.1 Å². The van der Waals surface area contributed by atoms with E-state index in [9.17, 15) is 4.79 Å². The van der Waals surface area contributed by atoms with E-state index >= 15 is 0 Å². The maximum Gasteiger partial charge on any atom is 0.227 e. The second-order valence-electron chi connectivity index (χ2n) is 8.19. The zero-order valence-electron chi connectivity index (χ0n) is 17.6. The van der Waals surface area contributed by atoms with Crippen LogP contribution in [0.5, 0.6) is 5.75 Å². The molecule has 2 heterocycles. The molecule has 160 valence electrons. The first-order valence-electron chi connectivity index (χ1n) is 10.8. The van der Waals surface area contributed by atoms with Crippen molar-refractivity contribution in [1.29, 1.82) is 0 Å². The monoisotopic (exact) mass is 427 g/mol. The number of benzene rings is 2. The molecule has 0 aliphatic carbocycles. The number of carbonyl (C=O) groups is 1. The first kappa shape index (κ1) is 21.0. The lowest BCUT2D eigenvalue weighted by Crippen LogP contribution is -2.52. The Bertz CT molecular complexity index is 867. The van der Waals surface area contributed by atoms with Crippen LogP contribution >= 0.6 is 11.6 Å². The van der Waals surface area contributed by atoms with Crippen molar-refractivity contribution in [2.24, 2.45) is 5.92 Å². The Morgan fingerprint density at radius 3 is 2.63 bits per heavy atom. The van der Waals surface area contributed by atoms with Crippen LogP contribution in [0.15, 0.2) is 48.5 Å². The van der Waals surface area contributed by atoms with Crippen molar-refractivity contribution in [3.8, 4) is 5.75 Å². The molecule has 0 bridgehead atoms. The van der Waals surface area contributed by atoms with Crippen molar-refractivity contribution < 1.29 is 9.53 Å². The molecule has 0 aromatic heterocycles. The lowest BCUT2D eigenvalue weighted by atomic mass is 9.95. The van der Waals surface area contributed by atoms with Crippen LogP contribution in [-0.2, 0) is 11.3 Å². The summed E-state index contributed by atoms with van der Waals surface area (Å²) in [5.41, 5.74) is 2.32. The number of hydrogen-bond donors (Lipinski definition) is 0. The summed E-state index contributed by atoms with van der Waals surface area (Å²) >= 11 is 6.13. The molecule has 0 saturated carbocycles. The van der Waals surface area contributed by atoms with E-state index in [1.54, 1.807) is 7.11 Å². The summed E-state index contributed by atoms with van der Waals surface area (Å²) in [5.74, 6) is 1.29. The van der Waals surface area contributed by atoms with E-state index in [4.69, 9.17) is 16.3 Å². The predicted octanol–water partition coefficient (Wildman–Crippen LogP) is 3.91. The third-order valence-corrected chi connectivity index (χ3v) is 6.40. The number of piperazine rings is 1. The van der Waals surface area contributed by atoms with Crippen LogP contribution in [0.4, 0.5) is 5.69 Å². The standard InChI is InChI=1S/C24H30ClN3O2/c1-30-23-10-3-2-9-22(23)27-12-14-28(15-13-27)24(29)20-7-5-11-26(18-20)17-19-6-4-8-21(25)16-19/h2-4,6,8-10,16,20H,5,7,11-15,17-18H2,1H3. The van der Waals surface area contributed by atoms with Crippen molar-refractivity contribution in [2.75, 3.05) is 51.3 Å². The fourth-order valence-electron chi connectivity index (χ4n) is 4.61. The first-order valence-corrected chi connectivity index (χ1v) is 11.2. The molecule has 0 radical (unpaired) electrons. The summed E-state index contributed by atoms with van der Waals surface area (Å²) in [6.07, 6.45) is 2.05. The summed E-state index contributed by atoms with van der Waals surface area (Å²) < 4.78 is 5.50. The second kappa shape index (κ2) is 9.71. The number of nitrogens with zero attached hydrogens (tertiary/aromatic N) is 3. The quantitative estimate of drug-likeness (QED) is 0.724. The van der Waals surface area contributed by atoms with Crippen LogP contribution < -0.4 is 9.64 Å². The second-order valence-corrected chi connectivity index (χ2v) is 8.62. The largest absolute Gasteiger partial charge is 0.495 e. The van der Waals surface area contributed by atoms with Crippen molar-refractivity contribution in [1.82, 2.24) is 9.80 Å². The van der Waals surface area contributed by atoms with Gasteiger partial charge in [-0.15, -0.1) is 0 Å².